The van der Waals surface area contributed by atoms with E-state index in [-0.39, 0.29) is 24.8 Å². The molecule has 3 nitrogen and oxygen atoms in total. The van der Waals surface area contributed by atoms with Gasteiger partial charge in [0, 0.05) is 12.6 Å². The number of rotatable bonds is 5. The summed E-state index contributed by atoms with van der Waals surface area (Å²) in [5.41, 5.74) is 6.32. The first-order valence-corrected chi connectivity index (χ1v) is 5.14. The highest BCUT2D eigenvalue weighted by atomic mass is 35.5. The largest absolute Gasteiger partial charge is 0.573 e. The molecule has 0 radical (unpaired) electrons. The Morgan fingerprint density at radius 2 is 2.00 bits per heavy atom. The average molecular weight is 286 g/mol. The van der Waals surface area contributed by atoms with Crippen molar-refractivity contribution in [2.75, 3.05) is 6.61 Å². The molecule has 1 atom stereocenters. The standard InChI is InChI=1S/C11H14F3NO2.ClH/c12-11(13,14)17-9-4-1-3-8(7-9)10(15)5-2-6-16;/h1,3-4,7,10,16H,2,5-6,15H2;1H/t10-;/m1./s1. The van der Waals surface area contributed by atoms with Gasteiger partial charge < -0.3 is 15.6 Å². The van der Waals surface area contributed by atoms with Gasteiger partial charge in [-0.25, -0.2) is 0 Å². The summed E-state index contributed by atoms with van der Waals surface area (Å²) in [6.07, 6.45) is -3.69. The molecule has 0 fully saturated rings. The van der Waals surface area contributed by atoms with Crippen molar-refractivity contribution in [2.45, 2.75) is 25.2 Å². The zero-order valence-electron chi connectivity index (χ0n) is 9.48. The Kier molecular flexibility index (Phi) is 7.05. The Morgan fingerprint density at radius 3 is 2.56 bits per heavy atom. The predicted octanol–water partition coefficient (Wildman–Crippen LogP) is 2.78. The van der Waals surface area contributed by atoms with E-state index in [0.717, 1.165) is 0 Å². The first-order valence-electron chi connectivity index (χ1n) is 5.14. The van der Waals surface area contributed by atoms with Crippen LogP contribution in [0.4, 0.5) is 13.2 Å². The Balaban J connectivity index is 0.00000289. The summed E-state index contributed by atoms with van der Waals surface area (Å²) in [6.45, 7) is 0.00639. The zero-order valence-corrected chi connectivity index (χ0v) is 10.3. The molecule has 0 bridgehead atoms. The number of alkyl halides is 3. The van der Waals surface area contributed by atoms with E-state index in [2.05, 4.69) is 4.74 Å². The van der Waals surface area contributed by atoms with Gasteiger partial charge in [-0.1, -0.05) is 12.1 Å². The highest BCUT2D eigenvalue weighted by Crippen LogP contribution is 2.26. The lowest BCUT2D eigenvalue weighted by molar-refractivity contribution is -0.274. The van der Waals surface area contributed by atoms with E-state index in [1.54, 1.807) is 6.07 Å². The van der Waals surface area contributed by atoms with Crippen LogP contribution >= 0.6 is 12.4 Å². The van der Waals surface area contributed by atoms with Crippen molar-refractivity contribution in [3.05, 3.63) is 29.8 Å². The average Bonchev–Trinajstić information content (AvgIpc) is 2.24. The molecular formula is C11H15ClF3NO2. The maximum absolute atomic E-state index is 12.0. The van der Waals surface area contributed by atoms with Crippen molar-refractivity contribution in [1.29, 1.82) is 0 Å². The number of benzene rings is 1. The topological polar surface area (TPSA) is 55.5 Å². The van der Waals surface area contributed by atoms with Crippen LogP contribution < -0.4 is 10.5 Å². The minimum absolute atomic E-state index is 0. The molecule has 1 aromatic rings. The maximum Gasteiger partial charge on any atom is 0.573 e. The van der Waals surface area contributed by atoms with Gasteiger partial charge in [0.05, 0.1) is 0 Å². The second kappa shape index (κ2) is 7.45. The fourth-order valence-corrected chi connectivity index (χ4v) is 1.42. The molecule has 0 aliphatic heterocycles. The van der Waals surface area contributed by atoms with Crippen molar-refractivity contribution in [3.8, 4) is 5.75 Å². The van der Waals surface area contributed by atoms with Crippen LogP contribution in [0.2, 0.25) is 0 Å². The molecule has 0 aromatic heterocycles. The van der Waals surface area contributed by atoms with Gasteiger partial charge in [0.2, 0.25) is 0 Å². The van der Waals surface area contributed by atoms with E-state index in [0.29, 0.717) is 18.4 Å². The van der Waals surface area contributed by atoms with Crippen molar-refractivity contribution >= 4 is 12.4 Å². The maximum atomic E-state index is 12.0. The second-order valence-corrected chi connectivity index (χ2v) is 3.59. The van der Waals surface area contributed by atoms with Crippen LogP contribution in [0.25, 0.3) is 0 Å². The van der Waals surface area contributed by atoms with Gasteiger partial charge in [0.15, 0.2) is 0 Å². The van der Waals surface area contributed by atoms with Gasteiger partial charge in [0.1, 0.15) is 5.75 Å². The van der Waals surface area contributed by atoms with Crippen LogP contribution in [0.15, 0.2) is 24.3 Å². The Bertz CT molecular complexity index is 360. The summed E-state index contributed by atoms with van der Waals surface area (Å²) >= 11 is 0. The SMILES string of the molecule is Cl.N[C@H](CCCO)c1cccc(OC(F)(F)F)c1. The van der Waals surface area contributed by atoms with Crippen molar-refractivity contribution in [1.82, 2.24) is 0 Å². The van der Waals surface area contributed by atoms with E-state index in [1.165, 1.54) is 18.2 Å². The molecule has 1 aromatic carbocycles. The minimum atomic E-state index is -4.70. The smallest absolute Gasteiger partial charge is 0.406 e. The monoisotopic (exact) mass is 285 g/mol. The number of ether oxygens (including phenoxy) is 1. The summed E-state index contributed by atoms with van der Waals surface area (Å²) in [6, 6.07) is 5.16. The third kappa shape index (κ3) is 6.09. The molecule has 104 valence electrons. The van der Waals surface area contributed by atoms with Crippen molar-refractivity contribution in [3.63, 3.8) is 0 Å². The molecule has 0 aliphatic carbocycles. The first-order chi connectivity index (χ1) is 7.92. The molecule has 0 aliphatic rings. The van der Waals surface area contributed by atoms with Gasteiger partial charge in [-0.15, -0.1) is 25.6 Å². The third-order valence-corrected chi connectivity index (χ3v) is 2.19. The quantitative estimate of drug-likeness (QED) is 0.875. The van der Waals surface area contributed by atoms with Crippen molar-refractivity contribution < 1.29 is 23.0 Å². The molecule has 1 rings (SSSR count). The lowest BCUT2D eigenvalue weighted by atomic mass is 10.0. The van der Waals surface area contributed by atoms with Gasteiger partial charge in [-0.2, -0.15) is 0 Å². The summed E-state index contributed by atoms with van der Waals surface area (Å²) in [5, 5.41) is 8.64. The van der Waals surface area contributed by atoms with Crippen LogP contribution in [0, 0.1) is 0 Å². The lowest BCUT2D eigenvalue weighted by Crippen LogP contribution is -2.17. The molecule has 18 heavy (non-hydrogen) atoms. The van der Waals surface area contributed by atoms with Gasteiger partial charge >= 0.3 is 6.36 Å². The van der Waals surface area contributed by atoms with Crippen LogP contribution in [0.3, 0.4) is 0 Å². The van der Waals surface area contributed by atoms with Crippen LogP contribution in [-0.4, -0.2) is 18.1 Å². The second-order valence-electron chi connectivity index (χ2n) is 3.59. The van der Waals surface area contributed by atoms with E-state index in [1.807, 2.05) is 0 Å². The molecule has 7 heteroatoms. The van der Waals surface area contributed by atoms with Gasteiger partial charge in [0.25, 0.3) is 0 Å². The fraction of sp³-hybridized carbons (Fsp3) is 0.455. The summed E-state index contributed by atoms with van der Waals surface area (Å²) in [7, 11) is 0. The number of hydrogen-bond donors (Lipinski definition) is 2. The molecule has 0 amide bonds. The van der Waals surface area contributed by atoms with E-state index in [9.17, 15) is 13.2 Å². The van der Waals surface area contributed by atoms with E-state index < -0.39 is 12.4 Å². The third-order valence-electron chi connectivity index (χ3n) is 2.19. The molecule has 3 N–H and O–H groups in total. The van der Waals surface area contributed by atoms with Crippen LogP contribution in [-0.2, 0) is 0 Å². The summed E-state index contributed by atoms with van der Waals surface area (Å²) in [4.78, 5) is 0. The van der Waals surface area contributed by atoms with Crippen LogP contribution in [0.1, 0.15) is 24.4 Å². The Morgan fingerprint density at radius 1 is 1.33 bits per heavy atom. The highest BCUT2D eigenvalue weighted by molar-refractivity contribution is 5.85. The molecule has 0 unspecified atom stereocenters. The first kappa shape index (κ1) is 17.0. The van der Waals surface area contributed by atoms with Crippen LogP contribution in [0.5, 0.6) is 5.75 Å². The summed E-state index contributed by atoms with van der Waals surface area (Å²) in [5.74, 6) is -0.283. The normalized spacial score (nSPS) is 12.7. The lowest BCUT2D eigenvalue weighted by Gasteiger charge is -2.14. The summed E-state index contributed by atoms with van der Waals surface area (Å²) < 4.78 is 39.8. The number of halogens is 4. The minimum Gasteiger partial charge on any atom is -0.406 e. The zero-order chi connectivity index (χ0) is 12.9. The predicted molar refractivity (Wildman–Crippen MR) is 63.6 cm³/mol. The fourth-order valence-electron chi connectivity index (χ4n) is 1.42. The van der Waals surface area contributed by atoms with Gasteiger partial charge in [-0.05, 0) is 30.5 Å². The van der Waals surface area contributed by atoms with Crippen molar-refractivity contribution in [2.24, 2.45) is 5.73 Å². The Hall–Kier alpha value is -0.980. The Labute approximate surface area is 109 Å². The molecule has 0 saturated carbocycles. The van der Waals surface area contributed by atoms with E-state index in [4.69, 9.17) is 10.8 Å². The number of hydrogen-bond acceptors (Lipinski definition) is 3. The van der Waals surface area contributed by atoms with E-state index >= 15 is 0 Å². The molecule has 0 spiro atoms. The number of aliphatic hydroxyl groups excluding tert-OH is 1. The highest BCUT2D eigenvalue weighted by Gasteiger charge is 2.31. The molecular weight excluding hydrogens is 271 g/mol. The number of aliphatic hydroxyl groups is 1. The molecule has 0 heterocycles. The number of nitrogens with two attached hydrogens (primary N) is 1. The van der Waals surface area contributed by atoms with Gasteiger partial charge in [-0.3, -0.25) is 0 Å². The molecule has 0 saturated heterocycles.